The second-order valence-corrected chi connectivity index (χ2v) is 4.42. The van der Waals surface area contributed by atoms with Crippen molar-refractivity contribution in [3.63, 3.8) is 0 Å². The van der Waals surface area contributed by atoms with Crippen LogP contribution in [0.15, 0.2) is 24.3 Å². The van der Waals surface area contributed by atoms with Crippen LogP contribution in [0, 0.1) is 0 Å². The summed E-state index contributed by atoms with van der Waals surface area (Å²) in [4.78, 5) is 0. The third-order valence-electron chi connectivity index (χ3n) is 3.12. The van der Waals surface area contributed by atoms with Crippen LogP contribution < -0.4 is 4.74 Å². The Hall–Kier alpha value is -1.06. The quantitative estimate of drug-likeness (QED) is 0.873. The average molecular weight is 236 g/mol. The van der Waals surface area contributed by atoms with E-state index < -0.39 is 0 Å². The Morgan fingerprint density at radius 2 is 1.94 bits per heavy atom. The molecule has 1 aliphatic heterocycles. The van der Waals surface area contributed by atoms with Gasteiger partial charge in [0.25, 0.3) is 0 Å². The number of aliphatic hydroxyl groups excluding tert-OH is 1. The van der Waals surface area contributed by atoms with Gasteiger partial charge in [-0.3, -0.25) is 0 Å². The van der Waals surface area contributed by atoms with Gasteiger partial charge in [-0.15, -0.1) is 0 Å². The van der Waals surface area contributed by atoms with E-state index in [1.54, 1.807) is 0 Å². The van der Waals surface area contributed by atoms with Crippen molar-refractivity contribution < 1.29 is 14.6 Å². The van der Waals surface area contributed by atoms with Crippen LogP contribution in [0.4, 0.5) is 0 Å². The zero-order valence-electron chi connectivity index (χ0n) is 10.3. The number of aliphatic hydroxyl groups is 1. The molecule has 1 aromatic rings. The molecule has 94 valence electrons. The summed E-state index contributed by atoms with van der Waals surface area (Å²) in [5.41, 5.74) is 0.951. The minimum absolute atomic E-state index is 0.269. The van der Waals surface area contributed by atoms with E-state index in [1.165, 1.54) is 0 Å². The highest BCUT2D eigenvalue weighted by atomic mass is 16.5. The topological polar surface area (TPSA) is 38.7 Å². The standard InChI is InChI=1S/C14H20O3/c1-2-14(15)11-3-5-12(6-4-11)17-13-7-9-16-10-8-13/h3-6,13-15H,2,7-10H2,1H3/t14-/m1/s1. The smallest absolute Gasteiger partial charge is 0.119 e. The molecule has 0 bridgehead atoms. The van der Waals surface area contributed by atoms with Crippen molar-refractivity contribution >= 4 is 0 Å². The van der Waals surface area contributed by atoms with Crippen LogP contribution in [0.3, 0.4) is 0 Å². The van der Waals surface area contributed by atoms with Gasteiger partial charge in [0.15, 0.2) is 0 Å². The first-order chi connectivity index (χ1) is 8.29. The first-order valence-electron chi connectivity index (χ1n) is 6.32. The number of benzene rings is 1. The molecule has 3 nitrogen and oxygen atoms in total. The summed E-state index contributed by atoms with van der Waals surface area (Å²) in [6.45, 7) is 3.55. The van der Waals surface area contributed by atoms with Crippen molar-refractivity contribution in [1.82, 2.24) is 0 Å². The molecular weight excluding hydrogens is 216 g/mol. The van der Waals surface area contributed by atoms with Crippen LogP contribution >= 0.6 is 0 Å². The van der Waals surface area contributed by atoms with Crippen molar-refractivity contribution in [1.29, 1.82) is 0 Å². The maximum Gasteiger partial charge on any atom is 0.119 e. The van der Waals surface area contributed by atoms with Gasteiger partial charge in [-0.1, -0.05) is 19.1 Å². The molecule has 0 unspecified atom stereocenters. The normalized spacial score (nSPS) is 18.9. The van der Waals surface area contributed by atoms with E-state index in [4.69, 9.17) is 9.47 Å². The first-order valence-corrected chi connectivity index (χ1v) is 6.32. The molecule has 2 rings (SSSR count). The van der Waals surface area contributed by atoms with Crippen LogP contribution in [-0.4, -0.2) is 24.4 Å². The van der Waals surface area contributed by atoms with E-state index in [0.717, 1.165) is 43.8 Å². The van der Waals surface area contributed by atoms with Crippen molar-refractivity contribution in [3.8, 4) is 5.75 Å². The van der Waals surface area contributed by atoms with Crippen molar-refractivity contribution in [2.24, 2.45) is 0 Å². The Balaban J connectivity index is 1.93. The van der Waals surface area contributed by atoms with E-state index in [-0.39, 0.29) is 12.2 Å². The molecule has 0 saturated carbocycles. The Bertz CT molecular complexity index is 328. The molecule has 0 amide bonds. The first kappa shape index (κ1) is 12.4. The second kappa shape index (κ2) is 6.03. The van der Waals surface area contributed by atoms with Crippen molar-refractivity contribution in [2.75, 3.05) is 13.2 Å². The molecule has 1 aromatic carbocycles. The maximum atomic E-state index is 9.68. The highest BCUT2D eigenvalue weighted by Crippen LogP contribution is 2.22. The lowest BCUT2D eigenvalue weighted by atomic mass is 10.1. The molecule has 1 heterocycles. The SMILES string of the molecule is CC[C@@H](O)c1ccc(OC2CCOCC2)cc1. The molecule has 1 aliphatic rings. The zero-order chi connectivity index (χ0) is 12.1. The Labute approximate surface area is 102 Å². The Morgan fingerprint density at radius 1 is 1.29 bits per heavy atom. The van der Waals surface area contributed by atoms with Crippen LogP contribution in [0.5, 0.6) is 5.75 Å². The minimum Gasteiger partial charge on any atom is -0.490 e. The fourth-order valence-electron chi connectivity index (χ4n) is 1.99. The number of ether oxygens (including phenoxy) is 2. The summed E-state index contributed by atoms with van der Waals surface area (Å²) in [6, 6.07) is 7.74. The van der Waals surface area contributed by atoms with E-state index in [0.29, 0.717) is 0 Å². The van der Waals surface area contributed by atoms with Crippen LogP contribution in [0.25, 0.3) is 0 Å². The van der Waals surface area contributed by atoms with Gasteiger partial charge in [-0.25, -0.2) is 0 Å². The molecule has 1 fully saturated rings. The zero-order valence-corrected chi connectivity index (χ0v) is 10.3. The predicted octanol–water partition coefficient (Wildman–Crippen LogP) is 2.69. The van der Waals surface area contributed by atoms with Gasteiger partial charge in [0.05, 0.1) is 19.3 Å². The molecule has 1 atom stereocenters. The van der Waals surface area contributed by atoms with Gasteiger partial charge >= 0.3 is 0 Å². The molecule has 1 saturated heterocycles. The van der Waals surface area contributed by atoms with E-state index in [9.17, 15) is 5.11 Å². The molecular formula is C14H20O3. The molecule has 0 radical (unpaired) electrons. The predicted molar refractivity (Wildman–Crippen MR) is 66.2 cm³/mol. The third-order valence-corrected chi connectivity index (χ3v) is 3.12. The van der Waals surface area contributed by atoms with Gasteiger partial charge in [0.2, 0.25) is 0 Å². The summed E-state index contributed by atoms with van der Waals surface area (Å²) in [6.07, 6.45) is 2.55. The summed E-state index contributed by atoms with van der Waals surface area (Å²) in [5, 5.41) is 9.68. The van der Waals surface area contributed by atoms with Gasteiger partial charge in [0, 0.05) is 12.8 Å². The van der Waals surface area contributed by atoms with E-state index >= 15 is 0 Å². The van der Waals surface area contributed by atoms with Gasteiger partial charge < -0.3 is 14.6 Å². The van der Waals surface area contributed by atoms with Gasteiger partial charge in [-0.2, -0.15) is 0 Å². The minimum atomic E-state index is -0.368. The Morgan fingerprint density at radius 3 is 2.53 bits per heavy atom. The molecule has 1 N–H and O–H groups in total. The molecule has 0 spiro atoms. The average Bonchev–Trinajstić information content (AvgIpc) is 2.40. The fraction of sp³-hybridized carbons (Fsp3) is 0.571. The molecule has 0 aliphatic carbocycles. The Kier molecular flexibility index (Phi) is 4.40. The van der Waals surface area contributed by atoms with Crippen molar-refractivity contribution in [2.45, 2.75) is 38.4 Å². The van der Waals surface area contributed by atoms with Gasteiger partial charge in [0.1, 0.15) is 11.9 Å². The van der Waals surface area contributed by atoms with E-state index in [2.05, 4.69) is 0 Å². The number of hydrogen-bond donors (Lipinski definition) is 1. The van der Waals surface area contributed by atoms with Crippen LogP contribution in [0.1, 0.15) is 37.9 Å². The highest BCUT2D eigenvalue weighted by molar-refractivity contribution is 5.28. The number of hydrogen-bond acceptors (Lipinski definition) is 3. The second-order valence-electron chi connectivity index (χ2n) is 4.42. The third kappa shape index (κ3) is 3.45. The lowest BCUT2D eigenvalue weighted by Crippen LogP contribution is -2.25. The van der Waals surface area contributed by atoms with Crippen LogP contribution in [-0.2, 0) is 4.74 Å². The molecule has 0 aromatic heterocycles. The summed E-state index contributed by atoms with van der Waals surface area (Å²) < 4.78 is 11.2. The van der Waals surface area contributed by atoms with Crippen LogP contribution in [0.2, 0.25) is 0 Å². The monoisotopic (exact) mass is 236 g/mol. The van der Waals surface area contributed by atoms with Crippen molar-refractivity contribution in [3.05, 3.63) is 29.8 Å². The fourth-order valence-corrected chi connectivity index (χ4v) is 1.99. The summed E-state index contributed by atoms with van der Waals surface area (Å²) >= 11 is 0. The summed E-state index contributed by atoms with van der Waals surface area (Å²) in [5.74, 6) is 0.879. The lowest BCUT2D eigenvalue weighted by molar-refractivity contribution is 0.0255. The largest absolute Gasteiger partial charge is 0.490 e. The highest BCUT2D eigenvalue weighted by Gasteiger charge is 2.15. The van der Waals surface area contributed by atoms with E-state index in [1.807, 2.05) is 31.2 Å². The number of rotatable bonds is 4. The maximum absolute atomic E-state index is 9.68. The molecule has 17 heavy (non-hydrogen) atoms. The molecule has 3 heteroatoms. The lowest BCUT2D eigenvalue weighted by Gasteiger charge is -2.23. The van der Waals surface area contributed by atoms with Gasteiger partial charge in [-0.05, 0) is 24.1 Å². The summed E-state index contributed by atoms with van der Waals surface area (Å²) in [7, 11) is 0.